The number of aromatic nitrogens is 2. The largest absolute Gasteiger partial charge is 0.426 e. The molecule has 4 heteroatoms. The van der Waals surface area contributed by atoms with Crippen LogP contribution >= 0.6 is 0 Å². The van der Waals surface area contributed by atoms with E-state index in [2.05, 4.69) is 29.1 Å². The van der Waals surface area contributed by atoms with Gasteiger partial charge in [-0.1, -0.05) is 19.8 Å². The van der Waals surface area contributed by atoms with Gasteiger partial charge in [-0.25, -0.2) is 0 Å². The second-order valence-electron chi connectivity index (χ2n) is 5.63. The summed E-state index contributed by atoms with van der Waals surface area (Å²) in [6.07, 6.45) is 7.54. The van der Waals surface area contributed by atoms with Gasteiger partial charge < -0.3 is 9.32 Å². The molecule has 1 aliphatic carbocycles. The lowest BCUT2D eigenvalue weighted by Gasteiger charge is -2.36. The minimum absolute atomic E-state index is 0.666. The minimum Gasteiger partial charge on any atom is -0.426 e. The predicted molar refractivity (Wildman–Crippen MR) is 71.4 cm³/mol. The molecule has 0 aromatic carbocycles. The maximum Gasteiger partial charge on any atom is 0.216 e. The number of aryl methyl sites for hydroxylation is 2. The fourth-order valence-corrected chi connectivity index (χ4v) is 3.04. The van der Waals surface area contributed by atoms with E-state index in [1.807, 2.05) is 6.92 Å². The van der Waals surface area contributed by atoms with Crippen LogP contribution in [-0.2, 0) is 6.42 Å². The van der Waals surface area contributed by atoms with Crippen molar-refractivity contribution in [3.05, 3.63) is 11.8 Å². The molecule has 1 fully saturated rings. The van der Waals surface area contributed by atoms with Gasteiger partial charge in [0.2, 0.25) is 11.8 Å². The lowest BCUT2D eigenvalue weighted by Crippen LogP contribution is -2.39. The molecule has 18 heavy (non-hydrogen) atoms. The Morgan fingerprint density at radius 1 is 1.28 bits per heavy atom. The van der Waals surface area contributed by atoms with Crippen LogP contribution in [-0.4, -0.2) is 34.7 Å². The van der Waals surface area contributed by atoms with E-state index in [9.17, 15) is 0 Å². The standard InChI is InChI=1S/C14H25N3O/c1-11-7-4-5-8-13(11)17(3)10-6-9-14-16-15-12(2)18-14/h11,13H,4-10H2,1-3H3. The highest BCUT2D eigenvalue weighted by molar-refractivity contribution is 4.82. The molecule has 1 heterocycles. The van der Waals surface area contributed by atoms with Crippen LogP contribution in [0.3, 0.4) is 0 Å². The van der Waals surface area contributed by atoms with Crippen molar-refractivity contribution in [2.45, 2.75) is 58.4 Å². The number of hydrogen-bond acceptors (Lipinski definition) is 4. The van der Waals surface area contributed by atoms with E-state index in [0.717, 1.165) is 37.2 Å². The van der Waals surface area contributed by atoms with E-state index in [1.165, 1.54) is 25.7 Å². The molecule has 2 unspecified atom stereocenters. The molecule has 2 rings (SSSR count). The number of hydrogen-bond donors (Lipinski definition) is 0. The van der Waals surface area contributed by atoms with E-state index in [1.54, 1.807) is 0 Å². The smallest absolute Gasteiger partial charge is 0.216 e. The molecular weight excluding hydrogens is 226 g/mol. The Bertz CT molecular complexity index is 364. The zero-order chi connectivity index (χ0) is 13.0. The summed E-state index contributed by atoms with van der Waals surface area (Å²) in [5.74, 6) is 2.28. The fourth-order valence-electron chi connectivity index (χ4n) is 3.04. The first-order valence-corrected chi connectivity index (χ1v) is 7.16. The highest BCUT2D eigenvalue weighted by Gasteiger charge is 2.24. The summed E-state index contributed by atoms with van der Waals surface area (Å²) in [5, 5.41) is 7.89. The van der Waals surface area contributed by atoms with E-state index in [-0.39, 0.29) is 0 Å². The molecule has 0 N–H and O–H groups in total. The summed E-state index contributed by atoms with van der Waals surface area (Å²) in [6, 6.07) is 0.767. The monoisotopic (exact) mass is 251 g/mol. The summed E-state index contributed by atoms with van der Waals surface area (Å²) in [7, 11) is 2.26. The van der Waals surface area contributed by atoms with Gasteiger partial charge in [-0.05, 0) is 38.8 Å². The van der Waals surface area contributed by atoms with Crippen molar-refractivity contribution in [1.82, 2.24) is 15.1 Å². The molecular formula is C14H25N3O. The molecule has 1 saturated carbocycles. The van der Waals surface area contributed by atoms with E-state index >= 15 is 0 Å². The van der Waals surface area contributed by atoms with Crippen molar-refractivity contribution in [2.75, 3.05) is 13.6 Å². The average Bonchev–Trinajstić information content (AvgIpc) is 2.75. The van der Waals surface area contributed by atoms with E-state index in [4.69, 9.17) is 4.42 Å². The van der Waals surface area contributed by atoms with Crippen molar-refractivity contribution >= 4 is 0 Å². The van der Waals surface area contributed by atoms with Crippen molar-refractivity contribution < 1.29 is 4.42 Å². The summed E-state index contributed by atoms with van der Waals surface area (Å²) < 4.78 is 5.39. The second kappa shape index (κ2) is 6.32. The van der Waals surface area contributed by atoms with E-state index < -0.39 is 0 Å². The molecule has 0 amide bonds. The van der Waals surface area contributed by atoms with Crippen LogP contribution < -0.4 is 0 Å². The lowest BCUT2D eigenvalue weighted by molar-refractivity contribution is 0.138. The van der Waals surface area contributed by atoms with Crippen LogP contribution in [0.4, 0.5) is 0 Å². The topological polar surface area (TPSA) is 42.2 Å². The molecule has 1 aromatic rings. The normalized spacial score (nSPS) is 24.7. The average molecular weight is 251 g/mol. The van der Waals surface area contributed by atoms with Gasteiger partial charge >= 0.3 is 0 Å². The fraction of sp³-hybridized carbons (Fsp3) is 0.857. The third-order valence-corrected chi connectivity index (χ3v) is 4.10. The molecule has 0 spiro atoms. The first kappa shape index (κ1) is 13.5. The molecule has 102 valence electrons. The third-order valence-electron chi connectivity index (χ3n) is 4.10. The predicted octanol–water partition coefficient (Wildman–Crippen LogP) is 2.82. The quantitative estimate of drug-likeness (QED) is 0.807. The van der Waals surface area contributed by atoms with Gasteiger partial charge in [0, 0.05) is 19.4 Å². The van der Waals surface area contributed by atoms with Crippen molar-refractivity contribution in [1.29, 1.82) is 0 Å². The number of rotatable bonds is 5. The Morgan fingerprint density at radius 3 is 2.72 bits per heavy atom. The molecule has 0 aliphatic heterocycles. The van der Waals surface area contributed by atoms with Crippen molar-refractivity contribution in [2.24, 2.45) is 5.92 Å². The molecule has 0 saturated heterocycles. The first-order valence-electron chi connectivity index (χ1n) is 7.16. The van der Waals surface area contributed by atoms with Gasteiger partial charge in [0.1, 0.15) is 0 Å². The van der Waals surface area contributed by atoms with Crippen LogP contribution in [0.5, 0.6) is 0 Å². The summed E-state index contributed by atoms with van der Waals surface area (Å²) >= 11 is 0. The van der Waals surface area contributed by atoms with Gasteiger partial charge in [-0.2, -0.15) is 0 Å². The highest BCUT2D eigenvalue weighted by atomic mass is 16.4. The van der Waals surface area contributed by atoms with Gasteiger partial charge in [0.25, 0.3) is 0 Å². The van der Waals surface area contributed by atoms with Crippen molar-refractivity contribution in [3.63, 3.8) is 0 Å². The maximum atomic E-state index is 5.39. The molecule has 1 aromatic heterocycles. The Labute approximate surface area is 110 Å². The Kier molecular flexibility index (Phi) is 4.75. The van der Waals surface area contributed by atoms with Gasteiger partial charge in [0.05, 0.1) is 0 Å². The van der Waals surface area contributed by atoms with Crippen LogP contribution in [0.1, 0.15) is 50.8 Å². The SMILES string of the molecule is Cc1nnc(CCCN(C)C2CCCCC2C)o1. The zero-order valence-corrected chi connectivity index (χ0v) is 11.9. The number of nitrogens with zero attached hydrogens (tertiary/aromatic N) is 3. The molecule has 1 aliphatic rings. The van der Waals surface area contributed by atoms with Crippen LogP contribution in [0.25, 0.3) is 0 Å². The molecule has 0 radical (unpaired) electrons. The van der Waals surface area contributed by atoms with Gasteiger partial charge in [0.15, 0.2) is 0 Å². The van der Waals surface area contributed by atoms with Gasteiger partial charge in [-0.3, -0.25) is 0 Å². The Balaban J connectivity index is 1.72. The van der Waals surface area contributed by atoms with Crippen LogP contribution in [0.15, 0.2) is 4.42 Å². The molecule has 4 nitrogen and oxygen atoms in total. The Hall–Kier alpha value is -0.900. The van der Waals surface area contributed by atoms with Crippen LogP contribution in [0, 0.1) is 12.8 Å². The maximum absolute atomic E-state index is 5.39. The first-order chi connectivity index (χ1) is 8.66. The molecule has 2 atom stereocenters. The summed E-state index contributed by atoms with van der Waals surface area (Å²) in [6.45, 7) is 5.35. The lowest BCUT2D eigenvalue weighted by atomic mass is 9.85. The minimum atomic E-state index is 0.666. The Morgan fingerprint density at radius 2 is 2.06 bits per heavy atom. The third kappa shape index (κ3) is 3.55. The molecule has 0 bridgehead atoms. The second-order valence-corrected chi connectivity index (χ2v) is 5.63. The summed E-state index contributed by atoms with van der Waals surface area (Å²) in [5.41, 5.74) is 0. The van der Waals surface area contributed by atoms with Crippen LogP contribution in [0.2, 0.25) is 0 Å². The highest BCUT2D eigenvalue weighted by Crippen LogP contribution is 2.27. The zero-order valence-electron chi connectivity index (χ0n) is 11.9. The van der Waals surface area contributed by atoms with Gasteiger partial charge in [-0.15, -0.1) is 10.2 Å². The van der Waals surface area contributed by atoms with Crippen molar-refractivity contribution in [3.8, 4) is 0 Å². The van der Waals surface area contributed by atoms with E-state index in [0.29, 0.717) is 5.89 Å². The summed E-state index contributed by atoms with van der Waals surface area (Å²) in [4.78, 5) is 2.52.